The van der Waals surface area contributed by atoms with Gasteiger partial charge in [-0.1, -0.05) is 5.16 Å². The van der Waals surface area contributed by atoms with Gasteiger partial charge >= 0.3 is 0 Å². The lowest BCUT2D eigenvalue weighted by Crippen LogP contribution is -2.50. The fourth-order valence-electron chi connectivity index (χ4n) is 2.31. The average Bonchev–Trinajstić information content (AvgIpc) is 3.17. The maximum absolute atomic E-state index is 12.2. The lowest BCUT2D eigenvalue weighted by atomic mass is 10.2. The van der Waals surface area contributed by atoms with Gasteiger partial charge in [-0.2, -0.15) is 11.3 Å². The Morgan fingerprint density at radius 1 is 1.19 bits per heavy atom. The van der Waals surface area contributed by atoms with Gasteiger partial charge in [0.2, 0.25) is 0 Å². The van der Waals surface area contributed by atoms with Gasteiger partial charge in [0.15, 0.2) is 5.69 Å². The van der Waals surface area contributed by atoms with Crippen LogP contribution in [0.2, 0.25) is 0 Å². The van der Waals surface area contributed by atoms with Gasteiger partial charge in [-0.25, -0.2) is 0 Å². The molecule has 0 saturated carbocycles. The summed E-state index contributed by atoms with van der Waals surface area (Å²) in [5, 5.41) is 7.47. The number of hydrogen-bond acceptors (Lipinski definition) is 5. The number of carbonyl (C=O) groups is 2. The predicted molar refractivity (Wildman–Crippen MR) is 77.4 cm³/mol. The van der Waals surface area contributed by atoms with Gasteiger partial charge in [0, 0.05) is 37.6 Å². The maximum atomic E-state index is 12.2. The van der Waals surface area contributed by atoms with Gasteiger partial charge in [0.25, 0.3) is 11.8 Å². The number of rotatable bonds is 2. The van der Waals surface area contributed by atoms with Crippen LogP contribution in [0.5, 0.6) is 0 Å². The Morgan fingerprint density at radius 2 is 1.86 bits per heavy atom. The Labute approximate surface area is 125 Å². The molecule has 1 fully saturated rings. The monoisotopic (exact) mass is 305 g/mol. The first-order valence-electron chi connectivity index (χ1n) is 6.69. The molecule has 6 nitrogen and oxygen atoms in total. The Bertz CT molecular complexity index is 642. The largest absolute Gasteiger partial charge is 0.361 e. The zero-order valence-electron chi connectivity index (χ0n) is 11.6. The van der Waals surface area contributed by atoms with Crippen LogP contribution in [0.4, 0.5) is 0 Å². The second-order valence-electron chi connectivity index (χ2n) is 4.92. The van der Waals surface area contributed by atoms with Gasteiger partial charge in [0.05, 0.1) is 5.56 Å². The first-order valence-corrected chi connectivity index (χ1v) is 7.63. The molecule has 0 N–H and O–H groups in total. The van der Waals surface area contributed by atoms with E-state index in [9.17, 15) is 9.59 Å². The van der Waals surface area contributed by atoms with Gasteiger partial charge in [0.1, 0.15) is 5.76 Å². The van der Waals surface area contributed by atoms with Crippen LogP contribution >= 0.6 is 11.3 Å². The highest BCUT2D eigenvalue weighted by Crippen LogP contribution is 2.13. The van der Waals surface area contributed by atoms with Crippen molar-refractivity contribution in [2.45, 2.75) is 6.92 Å². The number of carbonyl (C=O) groups excluding carboxylic acids is 2. The number of aryl methyl sites for hydroxylation is 1. The average molecular weight is 305 g/mol. The van der Waals surface area contributed by atoms with Crippen LogP contribution in [-0.4, -0.2) is 52.9 Å². The van der Waals surface area contributed by atoms with E-state index in [2.05, 4.69) is 5.16 Å². The summed E-state index contributed by atoms with van der Waals surface area (Å²) in [5.74, 6) is 0.500. The molecule has 0 radical (unpaired) electrons. The molecular formula is C14H15N3O3S. The molecule has 1 aliphatic rings. The van der Waals surface area contributed by atoms with Crippen molar-refractivity contribution in [1.29, 1.82) is 0 Å². The number of amides is 2. The van der Waals surface area contributed by atoms with Crippen LogP contribution in [0.25, 0.3) is 0 Å². The minimum absolute atomic E-state index is 0.0284. The molecule has 0 spiro atoms. The molecule has 2 aromatic rings. The fraction of sp³-hybridized carbons (Fsp3) is 0.357. The Morgan fingerprint density at radius 3 is 2.38 bits per heavy atom. The van der Waals surface area contributed by atoms with E-state index in [0.29, 0.717) is 43.2 Å². The van der Waals surface area contributed by atoms with Gasteiger partial charge in [-0.05, 0) is 18.4 Å². The van der Waals surface area contributed by atoms with E-state index in [1.165, 1.54) is 11.3 Å². The number of thiophene rings is 1. The molecule has 0 aromatic carbocycles. The van der Waals surface area contributed by atoms with Crippen molar-refractivity contribution < 1.29 is 14.1 Å². The zero-order valence-corrected chi connectivity index (χ0v) is 12.4. The van der Waals surface area contributed by atoms with Crippen molar-refractivity contribution in [3.05, 3.63) is 39.9 Å². The molecule has 0 aliphatic carbocycles. The third-order valence-corrected chi connectivity index (χ3v) is 4.15. The van der Waals surface area contributed by atoms with Crippen molar-refractivity contribution >= 4 is 23.2 Å². The Balaban J connectivity index is 1.60. The summed E-state index contributed by atoms with van der Waals surface area (Å²) in [6.45, 7) is 3.86. The van der Waals surface area contributed by atoms with E-state index in [1.54, 1.807) is 22.8 Å². The fourth-order valence-corrected chi connectivity index (χ4v) is 2.94. The molecule has 21 heavy (non-hydrogen) atoms. The summed E-state index contributed by atoms with van der Waals surface area (Å²) in [6.07, 6.45) is 0. The molecule has 110 valence electrons. The molecule has 0 atom stereocenters. The van der Waals surface area contributed by atoms with Crippen LogP contribution in [0.3, 0.4) is 0 Å². The topological polar surface area (TPSA) is 66.7 Å². The second-order valence-corrected chi connectivity index (χ2v) is 5.70. The SMILES string of the molecule is Cc1cc(C(=O)N2CCN(C(=O)c3ccsc3)CC2)no1. The first kappa shape index (κ1) is 13.8. The highest BCUT2D eigenvalue weighted by Gasteiger charge is 2.26. The number of aromatic nitrogens is 1. The Kier molecular flexibility index (Phi) is 3.74. The van der Waals surface area contributed by atoms with E-state index in [-0.39, 0.29) is 11.8 Å². The third kappa shape index (κ3) is 2.82. The summed E-state index contributed by atoms with van der Waals surface area (Å²) in [6, 6.07) is 3.45. The molecule has 2 amide bonds. The van der Waals surface area contributed by atoms with Crippen molar-refractivity contribution in [3.63, 3.8) is 0 Å². The molecule has 0 bridgehead atoms. The molecule has 1 aliphatic heterocycles. The first-order chi connectivity index (χ1) is 10.1. The maximum Gasteiger partial charge on any atom is 0.276 e. The Hall–Kier alpha value is -2.15. The number of hydrogen-bond donors (Lipinski definition) is 0. The zero-order chi connectivity index (χ0) is 14.8. The van der Waals surface area contributed by atoms with Crippen molar-refractivity contribution in [2.75, 3.05) is 26.2 Å². The normalized spacial score (nSPS) is 15.3. The van der Waals surface area contributed by atoms with E-state index < -0.39 is 0 Å². The summed E-state index contributed by atoms with van der Waals surface area (Å²) >= 11 is 1.51. The van der Waals surface area contributed by atoms with Crippen molar-refractivity contribution in [1.82, 2.24) is 15.0 Å². The molecule has 0 unspecified atom stereocenters. The van der Waals surface area contributed by atoms with E-state index in [1.807, 2.05) is 16.8 Å². The molecule has 3 heterocycles. The highest BCUT2D eigenvalue weighted by atomic mass is 32.1. The van der Waals surface area contributed by atoms with Gasteiger partial charge < -0.3 is 14.3 Å². The lowest BCUT2D eigenvalue weighted by molar-refractivity contribution is 0.0530. The van der Waals surface area contributed by atoms with Gasteiger partial charge in [-0.15, -0.1) is 0 Å². The molecule has 2 aromatic heterocycles. The summed E-state index contributed by atoms with van der Waals surface area (Å²) in [7, 11) is 0. The molecular weight excluding hydrogens is 290 g/mol. The van der Waals surface area contributed by atoms with Crippen LogP contribution in [0.15, 0.2) is 27.4 Å². The van der Waals surface area contributed by atoms with E-state index in [0.717, 1.165) is 0 Å². The van der Waals surface area contributed by atoms with Crippen LogP contribution < -0.4 is 0 Å². The third-order valence-electron chi connectivity index (χ3n) is 3.47. The van der Waals surface area contributed by atoms with Gasteiger partial charge in [-0.3, -0.25) is 9.59 Å². The quantitative estimate of drug-likeness (QED) is 0.846. The van der Waals surface area contributed by atoms with E-state index in [4.69, 9.17) is 4.52 Å². The summed E-state index contributed by atoms with van der Waals surface area (Å²) < 4.78 is 4.92. The van der Waals surface area contributed by atoms with Crippen LogP contribution in [0.1, 0.15) is 26.6 Å². The summed E-state index contributed by atoms with van der Waals surface area (Å²) in [5.41, 5.74) is 1.04. The highest BCUT2D eigenvalue weighted by molar-refractivity contribution is 7.08. The van der Waals surface area contributed by atoms with E-state index >= 15 is 0 Å². The number of piperazine rings is 1. The summed E-state index contributed by atoms with van der Waals surface area (Å²) in [4.78, 5) is 27.9. The van der Waals surface area contributed by atoms with Crippen LogP contribution in [-0.2, 0) is 0 Å². The molecule has 3 rings (SSSR count). The predicted octanol–water partition coefficient (Wildman–Crippen LogP) is 1.64. The number of nitrogens with zero attached hydrogens (tertiary/aromatic N) is 3. The molecule has 7 heteroatoms. The van der Waals surface area contributed by atoms with Crippen molar-refractivity contribution in [3.8, 4) is 0 Å². The minimum atomic E-state index is -0.144. The standard InChI is InChI=1S/C14H15N3O3S/c1-10-8-12(15-20-10)14(19)17-5-3-16(4-6-17)13(18)11-2-7-21-9-11/h2,7-9H,3-6H2,1H3. The second kappa shape index (κ2) is 5.69. The smallest absolute Gasteiger partial charge is 0.276 e. The van der Waals surface area contributed by atoms with Crippen LogP contribution in [0, 0.1) is 6.92 Å². The molecule has 1 saturated heterocycles. The minimum Gasteiger partial charge on any atom is -0.361 e. The lowest BCUT2D eigenvalue weighted by Gasteiger charge is -2.34. The van der Waals surface area contributed by atoms with Crippen molar-refractivity contribution in [2.24, 2.45) is 0 Å².